The summed E-state index contributed by atoms with van der Waals surface area (Å²) < 4.78 is 73.8. The number of amides is 2. The summed E-state index contributed by atoms with van der Waals surface area (Å²) >= 11 is 0.808. The molecule has 3 aliphatic heterocycles. The molecule has 3 aliphatic rings. The van der Waals surface area contributed by atoms with E-state index in [1.54, 1.807) is 4.90 Å². The molecule has 0 saturated carbocycles. The van der Waals surface area contributed by atoms with Crippen molar-refractivity contribution in [3.05, 3.63) is 28.5 Å². The van der Waals surface area contributed by atoms with Gasteiger partial charge in [0, 0.05) is 36.3 Å². The number of aromatic nitrogens is 2. The van der Waals surface area contributed by atoms with Gasteiger partial charge in [-0.05, 0) is 32.3 Å². The maximum atomic E-state index is 14.3. The molecule has 0 aromatic carbocycles. The van der Waals surface area contributed by atoms with Crippen LogP contribution in [0.3, 0.4) is 0 Å². The summed E-state index contributed by atoms with van der Waals surface area (Å²) in [6.07, 6.45) is -4.61. The Morgan fingerprint density at radius 3 is 2.54 bits per heavy atom. The van der Waals surface area contributed by atoms with Crippen molar-refractivity contribution in [1.29, 1.82) is 0 Å². The van der Waals surface area contributed by atoms with Crippen LogP contribution in [0.2, 0.25) is 0 Å². The molecule has 3 saturated heterocycles. The molecule has 5 rings (SSSR count). The van der Waals surface area contributed by atoms with E-state index in [-0.39, 0.29) is 45.0 Å². The van der Waals surface area contributed by atoms with Gasteiger partial charge in [0.05, 0.1) is 24.6 Å². The van der Waals surface area contributed by atoms with Gasteiger partial charge in [0.2, 0.25) is 0 Å². The zero-order valence-electron chi connectivity index (χ0n) is 21.4. The molecule has 5 heterocycles. The molecule has 2 amide bonds. The topological polar surface area (TPSA) is 87.7 Å². The van der Waals surface area contributed by atoms with E-state index in [2.05, 4.69) is 15.3 Å². The van der Waals surface area contributed by atoms with Crippen molar-refractivity contribution in [2.24, 2.45) is 0 Å². The van der Waals surface area contributed by atoms with Crippen molar-refractivity contribution in [2.45, 2.75) is 69.8 Å². The van der Waals surface area contributed by atoms with E-state index in [0.717, 1.165) is 42.9 Å². The third-order valence-electron chi connectivity index (χ3n) is 7.58. The van der Waals surface area contributed by atoms with E-state index in [0.29, 0.717) is 26.2 Å². The highest BCUT2D eigenvalue weighted by atomic mass is 32.1. The Bertz CT molecular complexity index is 1260. The van der Waals surface area contributed by atoms with Crippen LogP contribution >= 0.6 is 11.3 Å². The summed E-state index contributed by atoms with van der Waals surface area (Å²) in [6.45, 7) is 5.05. The number of hydrogen-bond acceptors (Lipinski definition) is 7. The minimum Gasteiger partial charge on any atom is -0.371 e. The highest BCUT2D eigenvalue weighted by Crippen LogP contribution is 2.41. The second-order valence-corrected chi connectivity index (χ2v) is 11.2. The van der Waals surface area contributed by atoms with Crippen molar-refractivity contribution >= 4 is 29.0 Å². The molecular formula is C25H28F5N5O3S. The van der Waals surface area contributed by atoms with Crippen LogP contribution in [-0.2, 0) is 4.74 Å². The Morgan fingerprint density at radius 2 is 2.00 bits per heavy atom. The molecule has 0 aliphatic carbocycles. The quantitative estimate of drug-likeness (QED) is 0.462. The minimum atomic E-state index is -4.60. The van der Waals surface area contributed by atoms with Crippen LogP contribution < -0.4 is 5.32 Å². The molecule has 0 radical (unpaired) electrons. The van der Waals surface area contributed by atoms with E-state index >= 15 is 0 Å². The molecule has 1 spiro atoms. The predicted molar refractivity (Wildman–Crippen MR) is 133 cm³/mol. The number of pyridine rings is 1. The van der Waals surface area contributed by atoms with Gasteiger partial charge < -0.3 is 19.9 Å². The Labute approximate surface area is 225 Å². The Balaban J connectivity index is 1.52. The first-order chi connectivity index (χ1) is 18.4. The maximum Gasteiger partial charge on any atom is 0.408 e. The number of halogens is 5. The third kappa shape index (κ3) is 5.20. The number of ether oxygens (including phenoxy) is 1. The van der Waals surface area contributed by atoms with Crippen LogP contribution in [0.15, 0.2) is 12.3 Å². The van der Waals surface area contributed by atoms with Crippen LogP contribution in [0.4, 0.5) is 27.8 Å². The van der Waals surface area contributed by atoms with Gasteiger partial charge in [-0.2, -0.15) is 13.2 Å². The highest BCUT2D eigenvalue weighted by molar-refractivity contribution is 7.17. The molecule has 3 fully saturated rings. The zero-order chi connectivity index (χ0) is 28.1. The highest BCUT2D eigenvalue weighted by Gasteiger charge is 2.51. The Hall–Kier alpha value is -2.87. The standard InChI is InChI=1S/C25H28F5N5O3S/c1-3-16(25(28,29)30)32-17-9-14(20(26)27)15(10-31-17)19-18(22(36)35-7-4-5-13(35)2)33-21(39-19)23(37)34-11-24(12-34)6-8-38-24/h9-10,13,16,20H,3-8,11-12H2,1-2H3,(H,31,32)/t13-,16?/m0/s1. The van der Waals surface area contributed by atoms with Gasteiger partial charge in [-0.3, -0.25) is 9.59 Å². The first kappa shape index (κ1) is 27.7. The van der Waals surface area contributed by atoms with Gasteiger partial charge in [0.25, 0.3) is 18.2 Å². The smallest absolute Gasteiger partial charge is 0.371 e. The van der Waals surface area contributed by atoms with Crippen molar-refractivity contribution in [1.82, 2.24) is 19.8 Å². The van der Waals surface area contributed by atoms with Crippen LogP contribution in [0.5, 0.6) is 0 Å². The Morgan fingerprint density at radius 1 is 1.28 bits per heavy atom. The number of nitrogens with zero attached hydrogens (tertiary/aromatic N) is 4. The number of thiazole rings is 1. The molecule has 14 heteroatoms. The zero-order valence-corrected chi connectivity index (χ0v) is 22.2. The summed E-state index contributed by atoms with van der Waals surface area (Å²) in [7, 11) is 0. The number of carbonyl (C=O) groups excluding carboxylic acids is 2. The minimum absolute atomic E-state index is 0.0279. The molecule has 2 aromatic heterocycles. The first-order valence-electron chi connectivity index (χ1n) is 12.8. The van der Waals surface area contributed by atoms with Gasteiger partial charge in [-0.25, -0.2) is 18.7 Å². The lowest BCUT2D eigenvalue weighted by Crippen LogP contribution is -2.69. The summed E-state index contributed by atoms with van der Waals surface area (Å²) in [6, 6.07) is -1.21. The van der Waals surface area contributed by atoms with E-state index in [1.807, 2.05) is 6.92 Å². The fraction of sp³-hybridized carbons (Fsp3) is 0.600. The first-order valence-corrected chi connectivity index (χ1v) is 13.6. The van der Waals surface area contributed by atoms with Gasteiger partial charge in [-0.15, -0.1) is 11.3 Å². The van der Waals surface area contributed by atoms with Crippen LogP contribution in [-0.4, -0.2) is 81.7 Å². The van der Waals surface area contributed by atoms with E-state index in [9.17, 15) is 31.5 Å². The number of nitrogens with one attached hydrogen (secondary N) is 1. The van der Waals surface area contributed by atoms with Crippen LogP contribution in [0.1, 0.15) is 71.8 Å². The molecular weight excluding hydrogens is 545 g/mol. The second kappa shape index (κ2) is 10.3. The van der Waals surface area contributed by atoms with Gasteiger partial charge in [0.1, 0.15) is 23.2 Å². The summed E-state index contributed by atoms with van der Waals surface area (Å²) in [4.78, 5) is 38.2. The number of anilines is 1. The molecule has 1 unspecified atom stereocenters. The average Bonchev–Trinajstić information content (AvgIpc) is 3.46. The fourth-order valence-electron chi connectivity index (χ4n) is 5.19. The largest absolute Gasteiger partial charge is 0.408 e. The molecule has 2 atom stereocenters. The average molecular weight is 574 g/mol. The SMILES string of the molecule is CCC(Nc1cc(C(F)F)c(-c2sc(C(=O)N3CC4(CCO4)C3)nc2C(=O)N2CCC[C@@H]2C)cn1)C(F)(F)F. The van der Waals surface area contributed by atoms with E-state index in [1.165, 1.54) is 11.8 Å². The molecule has 0 bridgehead atoms. The second-order valence-electron chi connectivity index (χ2n) is 10.2. The predicted octanol–water partition coefficient (Wildman–Crippen LogP) is 5.13. The fourth-order valence-corrected chi connectivity index (χ4v) is 6.25. The van der Waals surface area contributed by atoms with Crippen molar-refractivity contribution < 1.29 is 36.3 Å². The molecule has 39 heavy (non-hydrogen) atoms. The lowest BCUT2D eigenvalue weighted by molar-refractivity contribution is -0.209. The van der Waals surface area contributed by atoms with Crippen molar-refractivity contribution in [3.63, 3.8) is 0 Å². The van der Waals surface area contributed by atoms with Gasteiger partial charge in [-0.1, -0.05) is 6.92 Å². The summed E-state index contributed by atoms with van der Waals surface area (Å²) in [5.74, 6) is -1.29. The number of carbonyl (C=O) groups is 2. The van der Waals surface area contributed by atoms with Crippen LogP contribution in [0.25, 0.3) is 10.4 Å². The number of alkyl halides is 5. The maximum absolute atomic E-state index is 14.3. The molecule has 212 valence electrons. The van der Waals surface area contributed by atoms with Gasteiger partial charge >= 0.3 is 6.18 Å². The van der Waals surface area contributed by atoms with Crippen LogP contribution in [0, 0.1) is 0 Å². The Kier molecular flexibility index (Phi) is 7.29. The van der Waals surface area contributed by atoms with Crippen molar-refractivity contribution in [3.8, 4) is 10.4 Å². The summed E-state index contributed by atoms with van der Waals surface area (Å²) in [5.41, 5.74) is -1.23. The number of rotatable bonds is 7. The normalized spacial score (nSPS) is 21.2. The molecule has 2 aromatic rings. The number of hydrogen-bond donors (Lipinski definition) is 1. The third-order valence-corrected chi connectivity index (χ3v) is 8.66. The van der Waals surface area contributed by atoms with E-state index < -0.39 is 36.0 Å². The van der Waals surface area contributed by atoms with Crippen molar-refractivity contribution in [2.75, 3.05) is 31.6 Å². The summed E-state index contributed by atoms with van der Waals surface area (Å²) in [5, 5.41) is 2.15. The lowest BCUT2D eigenvalue weighted by atomic mass is 9.86. The van der Waals surface area contributed by atoms with E-state index in [4.69, 9.17) is 4.74 Å². The molecule has 8 nitrogen and oxygen atoms in total. The van der Waals surface area contributed by atoms with Gasteiger partial charge in [0.15, 0.2) is 5.01 Å². The number of likely N-dealkylation sites (tertiary alicyclic amines) is 2. The monoisotopic (exact) mass is 573 g/mol. The lowest BCUT2D eigenvalue weighted by Gasteiger charge is -2.54. The molecule has 1 N–H and O–H groups in total.